The molecule has 33 heavy (non-hydrogen) atoms. The molecule has 0 spiro atoms. The molecule has 5 heteroatoms. The molecule has 2 aromatic heterocycles. The van der Waals surface area contributed by atoms with E-state index >= 15 is 0 Å². The zero-order chi connectivity index (χ0) is 23.3. The van der Waals surface area contributed by atoms with Crippen molar-refractivity contribution in [2.75, 3.05) is 0 Å². The number of nitrogens with zero attached hydrogens (tertiary/aromatic N) is 2. The Hall–Kier alpha value is -3.90. The van der Waals surface area contributed by atoms with Crippen molar-refractivity contribution in [3.05, 3.63) is 93.3 Å². The maximum Gasteiger partial charge on any atom is 0.146 e. The van der Waals surface area contributed by atoms with E-state index in [1.807, 2.05) is 42.5 Å². The topological polar surface area (TPSA) is 81.0 Å². The number of aryl methyl sites for hydroxylation is 3. The van der Waals surface area contributed by atoms with E-state index in [1.165, 1.54) is 22.3 Å². The molecule has 1 aliphatic carbocycles. The number of thiophene rings is 1. The van der Waals surface area contributed by atoms with Crippen molar-refractivity contribution < 1.29 is 9.52 Å². The van der Waals surface area contributed by atoms with E-state index in [1.54, 1.807) is 17.4 Å². The number of rotatable bonds is 2. The van der Waals surface area contributed by atoms with Crippen LogP contribution in [0.5, 0.6) is 0 Å². The number of aliphatic hydroxyl groups is 1. The Labute approximate surface area is 196 Å². The molecular weight excluding hydrogens is 428 g/mol. The number of furan rings is 1. The predicted octanol–water partition coefficient (Wildman–Crippen LogP) is 7.02. The van der Waals surface area contributed by atoms with Crippen molar-refractivity contribution in [2.24, 2.45) is 0 Å². The van der Waals surface area contributed by atoms with Gasteiger partial charge in [-0.1, -0.05) is 42.0 Å². The van der Waals surface area contributed by atoms with Crippen LogP contribution in [0.15, 0.2) is 64.1 Å². The van der Waals surface area contributed by atoms with E-state index in [2.05, 4.69) is 39.0 Å². The molecule has 0 amide bonds. The fourth-order valence-corrected chi connectivity index (χ4v) is 5.96. The molecular formula is C28H20N2O2S. The zero-order valence-electron chi connectivity index (χ0n) is 18.4. The molecule has 4 nitrogen and oxygen atoms in total. The molecule has 1 unspecified atom stereocenters. The molecule has 1 N–H and O–H groups in total. The average molecular weight is 449 g/mol. The molecule has 2 heterocycles. The quantitative estimate of drug-likeness (QED) is 0.334. The van der Waals surface area contributed by atoms with Crippen LogP contribution in [0.2, 0.25) is 0 Å². The van der Waals surface area contributed by atoms with E-state index in [0.29, 0.717) is 28.0 Å². The molecule has 4 aromatic rings. The van der Waals surface area contributed by atoms with Gasteiger partial charge in [0.05, 0.1) is 4.70 Å². The van der Waals surface area contributed by atoms with Crippen LogP contribution in [-0.2, 0) is 0 Å². The van der Waals surface area contributed by atoms with E-state index < -0.39 is 6.10 Å². The highest BCUT2D eigenvalue weighted by Crippen LogP contribution is 2.47. The number of aliphatic hydroxyl groups excluding tert-OH is 1. The van der Waals surface area contributed by atoms with Gasteiger partial charge in [0.1, 0.15) is 35.2 Å². The third-order valence-corrected chi connectivity index (χ3v) is 7.11. The van der Waals surface area contributed by atoms with Crippen LogP contribution in [0.4, 0.5) is 0 Å². The molecule has 1 atom stereocenters. The number of allylic oxidation sites excluding steroid dienone is 1. The Morgan fingerprint density at radius 3 is 2.39 bits per heavy atom. The van der Waals surface area contributed by atoms with Gasteiger partial charge in [-0.2, -0.15) is 10.5 Å². The molecule has 5 rings (SSSR count). The van der Waals surface area contributed by atoms with Gasteiger partial charge in [-0.05, 0) is 60.2 Å². The van der Waals surface area contributed by atoms with Gasteiger partial charge in [-0.25, -0.2) is 0 Å². The molecule has 0 saturated heterocycles. The number of fused-ring (bicyclic) bond motifs is 2. The lowest BCUT2D eigenvalue weighted by Crippen LogP contribution is -1.94. The summed E-state index contributed by atoms with van der Waals surface area (Å²) in [6, 6.07) is 19.6. The predicted molar refractivity (Wildman–Crippen MR) is 131 cm³/mol. The Bertz CT molecular complexity index is 1510. The van der Waals surface area contributed by atoms with Crippen LogP contribution in [0.1, 0.15) is 39.7 Å². The van der Waals surface area contributed by atoms with Crippen molar-refractivity contribution in [1.29, 1.82) is 10.5 Å². The van der Waals surface area contributed by atoms with Crippen molar-refractivity contribution in [1.82, 2.24) is 0 Å². The highest BCUT2D eigenvalue weighted by atomic mass is 32.1. The number of hydrogen-bond acceptors (Lipinski definition) is 5. The van der Waals surface area contributed by atoms with Gasteiger partial charge in [0.15, 0.2) is 0 Å². The summed E-state index contributed by atoms with van der Waals surface area (Å²) < 4.78 is 7.12. The zero-order valence-corrected chi connectivity index (χ0v) is 19.2. The van der Waals surface area contributed by atoms with Crippen molar-refractivity contribution >= 4 is 33.3 Å². The lowest BCUT2D eigenvalue weighted by molar-refractivity contribution is 0.226. The van der Waals surface area contributed by atoms with Gasteiger partial charge >= 0.3 is 0 Å². The Balaban J connectivity index is 1.60. The van der Waals surface area contributed by atoms with E-state index in [-0.39, 0.29) is 5.57 Å². The number of nitriles is 2. The minimum absolute atomic E-state index is 0.0220. The second kappa shape index (κ2) is 7.90. The summed E-state index contributed by atoms with van der Waals surface area (Å²) >= 11 is 1.67. The lowest BCUT2D eigenvalue weighted by atomic mass is 9.99. The van der Waals surface area contributed by atoms with Crippen LogP contribution in [0.3, 0.4) is 0 Å². The maximum absolute atomic E-state index is 11.0. The number of hydrogen-bond donors (Lipinski definition) is 1. The minimum Gasteiger partial charge on any atom is -0.456 e. The summed E-state index contributed by atoms with van der Waals surface area (Å²) in [5.41, 5.74) is 8.06. The normalized spacial score (nSPS) is 16.1. The fraction of sp³-hybridized carbons (Fsp3) is 0.143. The summed E-state index contributed by atoms with van der Waals surface area (Å²) in [6.45, 7) is 6.36. The Morgan fingerprint density at radius 1 is 1.03 bits per heavy atom. The third kappa shape index (κ3) is 3.39. The van der Waals surface area contributed by atoms with Crippen LogP contribution in [0.25, 0.3) is 32.4 Å². The van der Waals surface area contributed by atoms with Gasteiger partial charge in [0.2, 0.25) is 0 Å². The summed E-state index contributed by atoms with van der Waals surface area (Å²) in [5.74, 6) is 0.578. The monoisotopic (exact) mass is 448 g/mol. The van der Waals surface area contributed by atoms with E-state index in [4.69, 9.17) is 4.42 Å². The first-order valence-corrected chi connectivity index (χ1v) is 11.4. The van der Waals surface area contributed by atoms with Gasteiger partial charge in [-0.3, -0.25) is 0 Å². The van der Waals surface area contributed by atoms with Crippen LogP contribution < -0.4 is 0 Å². The minimum atomic E-state index is -0.926. The molecule has 160 valence electrons. The lowest BCUT2D eigenvalue weighted by Gasteiger charge is -2.09. The largest absolute Gasteiger partial charge is 0.456 e. The highest BCUT2D eigenvalue weighted by molar-refractivity contribution is 7.22. The smallest absolute Gasteiger partial charge is 0.146 e. The second-order valence-electron chi connectivity index (χ2n) is 8.32. The first-order valence-electron chi connectivity index (χ1n) is 10.6. The second-order valence-corrected chi connectivity index (χ2v) is 9.41. The molecule has 0 radical (unpaired) electrons. The van der Waals surface area contributed by atoms with E-state index in [0.717, 1.165) is 15.2 Å². The van der Waals surface area contributed by atoms with Gasteiger partial charge in [0.25, 0.3) is 0 Å². The standard InChI is InChI=1S/C28H20N2O2S/c1-15-8-16(2)26(17(3)9-15)25-12-23-24(33-25)11-19(32-23)10-22-27(18(13-29)14-30)20-6-4-5-7-21(20)28(22)31/h4-12,28,31H,1-3H3/b22-10-. The Morgan fingerprint density at radius 2 is 1.73 bits per heavy atom. The van der Waals surface area contributed by atoms with Crippen molar-refractivity contribution in [2.45, 2.75) is 26.9 Å². The van der Waals surface area contributed by atoms with Crippen LogP contribution in [0, 0.1) is 43.4 Å². The SMILES string of the molecule is Cc1cc(C)c(-c2cc3oc(/C=C4/C(=C(C#N)C#N)c5ccccc5C4O)cc3s2)c(C)c1. The maximum atomic E-state index is 11.0. The molecule has 2 aromatic carbocycles. The van der Waals surface area contributed by atoms with Gasteiger partial charge in [-0.15, -0.1) is 11.3 Å². The molecule has 1 aliphatic rings. The molecule has 0 aliphatic heterocycles. The van der Waals surface area contributed by atoms with Crippen LogP contribution in [-0.4, -0.2) is 5.11 Å². The first kappa shape index (κ1) is 21.0. The molecule has 0 fully saturated rings. The summed E-state index contributed by atoms with van der Waals surface area (Å²) in [6.07, 6.45) is 0.813. The molecule has 0 saturated carbocycles. The summed E-state index contributed by atoms with van der Waals surface area (Å²) in [7, 11) is 0. The van der Waals surface area contributed by atoms with Gasteiger partial charge in [0, 0.05) is 22.6 Å². The molecule has 0 bridgehead atoms. The average Bonchev–Trinajstić information content (AvgIpc) is 3.41. The summed E-state index contributed by atoms with van der Waals surface area (Å²) in [4.78, 5) is 1.16. The highest BCUT2D eigenvalue weighted by Gasteiger charge is 2.32. The summed E-state index contributed by atoms with van der Waals surface area (Å²) in [5, 5.41) is 30.0. The third-order valence-electron chi connectivity index (χ3n) is 6.03. The fourth-order valence-electron chi connectivity index (χ4n) is 4.76. The van der Waals surface area contributed by atoms with Crippen LogP contribution >= 0.6 is 11.3 Å². The van der Waals surface area contributed by atoms with Gasteiger partial charge < -0.3 is 9.52 Å². The van der Waals surface area contributed by atoms with Crippen molar-refractivity contribution in [3.63, 3.8) is 0 Å². The van der Waals surface area contributed by atoms with E-state index in [9.17, 15) is 15.6 Å². The Kier molecular flexibility index (Phi) is 5.02. The first-order chi connectivity index (χ1) is 15.9. The van der Waals surface area contributed by atoms with Crippen molar-refractivity contribution in [3.8, 4) is 22.6 Å². The number of benzene rings is 2.